The maximum absolute atomic E-state index is 9.78. The van der Waals surface area contributed by atoms with Crippen molar-refractivity contribution in [3.8, 4) is 6.07 Å². The maximum Gasteiger partial charge on any atom is 0.0995 e. The predicted molar refractivity (Wildman–Crippen MR) is 96.1 cm³/mol. The highest BCUT2D eigenvalue weighted by atomic mass is 16.5. The lowest BCUT2D eigenvalue weighted by Crippen LogP contribution is -2.17. The molecular formula is C22H19NO. The summed E-state index contributed by atoms with van der Waals surface area (Å²) in [5, 5.41) is 9.78. The molecule has 24 heavy (non-hydrogen) atoms. The second kappa shape index (κ2) is 6.47. The van der Waals surface area contributed by atoms with Gasteiger partial charge in [0.2, 0.25) is 0 Å². The molecule has 0 N–H and O–H groups in total. The van der Waals surface area contributed by atoms with Gasteiger partial charge in [-0.25, -0.2) is 0 Å². The fourth-order valence-corrected chi connectivity index (χ4v) is 3.72. The topological polar surface area (TPSA) is 33.0 Å². The zero-order chi connectivity index (χ0) is 16.4. The molecule has 0 unspecified atom stereocenters. The van der Waals surface area contributed by atoms with Gasteiger partial charge in [-0.2, -0.15) is 5.26 Å². The molecule has 118 valence electrons. The van der Waals surface area contributed by atoms with Crippen LogP contribution in [0.1, 0.15) is 29.0 Å². The molecule has 0 fully saturated rings. The molecule has 0 saturated carbocycles. The van der Waals surface area contributed by atoms with Crippen LogP contribution >= 0.6 is 0 Å². The second-order valence-corrected chi connectivity index (χ2v) is 6.46. The average Bonchev–Trinajstić information content (AvgIpc) is 2.69. The number of nitrogens with zero attached hydrogens (tertiary/aromatic N) is 1. The Kier molecular flexibility index (Phi) is 4.02. The summed E-state index contributed by atoms with van der Waals surface area (Å²) in [5.41, 5.74) is 5.36. The molecule has 0 amide bonds. The third-order valence-electron chi connectivity index (χ3n) is 4.86. The van der Waals surface area contributed by atoms with Crippen LogP contribution in [0.3, 0.4) is 0 Å². The third-order valence-corrected chi connectivity index (χ3v) is 4.86. The number of rotatable bonds is 1. The smallest absolute Gasteiger partial charge is 0.0995 e. The molecule has 0 spiro atoms. The van der Waals surface area contributed by atoms with Gasteiger partial charge in [0.25, 0.3) is 0 Å². The van der Waals surface area contributed by atoms with Crippen LogP contribution in [0.4, 0.5) is 0 Å². The van der Waals surface area contributed by atoms with E-state index in [0.29, 0.717) is 12.5 Å². The van der Waals surface area contributed by atoms with E-state index in [4.69, 9.17) is 4.74 Å². The largest absolute Gasteiger partial charge is 0.376 e. The lowest BCUT2D eigenvalue weighted by atomic mass is 9.87. The normalized spacial score (nSPS) is 25.0. The first-order chi connectivity index (χ1) is 11.8. The zero-order valence-corrected chi connectivity index (χ0v) is 13.5. The summed E-state index contributed by atoms with van der Waals surface area (Å²) in [7, 11) is 0. The molecule has 1 aliphatic carbocycles. The van der Waals surface area contributed by atoms with Gasteiger partial charge in [0, 0.05) is 11.8 Å². The summed E-state index contributed by atoms with van der Waals surface area (Å²) < 4.78 is 5.86. The van der Waals surface area contributed by atoms with Gasteiger partial charge < -0.3 is 4.74 Å². The highest BCUT2D eigenvalue weighted by Gasteiger charge is 2.24. The molecule has 0 saturated heterocycles. The van der Waals surface area contributed by atoms with E-state index in [1.165, 1.54) is 11.1 Å². The van der Waals surface area contributed by atoms with Crippen LogP contribution in [-0.2, 0) is 4.74 Å². The van der Waals surface area contributed by atoms with E-state index in [9.17, 15) is 5.26 Å². The van der Waals surface area contributed by atoms with E-state index in [1.54, 1.807) is 0 Å². The minimum atomic E-state index is 0.219. The molecule has 2 heteroatoms. The predicted octanol–water partition coefficient (Wildman–Crippen LogP) is 4.81. The van der Waals surface area contributed by atoms with Gasteiger partial charge in [-0.3, -0.25) is 0 Å². The van der Waals surface area contributed by atoms with Gasteiger partial charge in [0.1, 0.15) is 0 Å². The lowest BCUT2D eigenvalue weighted by molar-refractivity contribution is 0.127. The molecule has 0 radical (unpaired) electrons. The minimum absolute atomic E-state index is 0.219. The van der Waals surface area contributed by atoms with Crippen molar-refractivity contribution < 1.29 is 4.74 Å². The highest BCUT2D eigenvalue weighted by molar-refractivity contribution is 5.86. The van der Waals surface area contributed by atoms with Crippen molar-refractivity contribution in [2.24, 2.45) is 5.92 Å². The van der Waals surface area contributed by atoms with Gasteiger partial charge in [0.05, 0.1) is 24.9 Å². The fourth-order valence-electron chi connectivity index (χ4n) is 3.72. The maximum atomic E-state index is 9.78. The molecule has 2 atom stereocenters. The van der Waals surface area contributed by atoms with E-state index < -0.39 is 0 Å². The van der Waals surface area contributed by atoms with Gasteiger partial charge in [0.15, 0.2) is 0 Å². The van der Waals surface area contributed by atoms with Gasteiger partial charge >= 0.3 is 0 Å². The second-order valence-electron chi connectivity index (χ2n) is 6.46. The molecule has 1 aliphatic heterocycles. The molecule has 2 aromatic carbocycles. The van der Waals surface area contributed by atoms with E-state index in [1.807, 2.05) is 24.3 Å². The number of benzene rings is 2. The monoisotopic (exact) mass is 313 g/mol. The summed E-state index contributed by atoms with van der Waals surface area (Å²) >= 11 is 0. The fraction of sp³-hybridized carbons (Fsp3) is 0.227. The quantitative estimate of drug-likeness (QED) is 0.757. The van der Waals surface area contributed by atoms with Crippen LogP contribution in [0.5, 0.6) is 0 Å². The van der Waals surface area contributed by atoms with Crippen molar-refractivity contribution in [2.45, 2.75) is 12.3 Å². The van der Waals surface area contributed by atoms with Gasteiger partial charge in [-0.1, -0.05) is 66.7 Å². The van der Waals surface area contributed by atoms with Crippen LogP contribution < -0.4 is 0 Å². The van der Waals surface area contributed by atoms with Gasteiger partial charge in [-0.15, -0.1) is 0 Å². The molecule has 2 bridgehead atoms. The number of fused-ring (bicyclic) bond motifs is 3. The highest BCUT2D eigenvalue weighted by Crippen LogP contribution is 2.37. The first kappa shape index (κ1) is 14.9. The number of hydrogen-bond donors (Lipinski definition) is 0. The Hall–Kier alpha value is -2.63. The van der Waals surface area contributed by atoms with Crippen molar-refractivity contribution in [2.75, 3.05) is 13.2 Å². The van der Waals surface area contributed by atoms with Crippen LogP contribution in [0.25, 0.3) is 11.1 Å². The molecule has 4 rings (SSSR count). The Balaban J connectivity index is 1.90. The Bertz CT molecular complexity index is 842. The van der Waals surface area contributed by atoms with Crippen molar-refractivity contribution in [1.29, 1.82) is 5.26 Å². The Morgan fingerprint density at radius 3 is 2.46 bits per heavy atom. The standard InChI is InChI=1S/C22H19NO/c23-13-19-12-18(17-6-2-1-3-7-17)10-16-11-20(15-24-14-16)22-9-5-4-8-21(19)22/h1-9,11-12,16,18H,10,14-15H2/b19-12-/t16-,18+/m0/s1. The van der Waals surface area contributed by atoms with Crippen molar-refractivity contribution >= 4 is 11.1 Å². The summed E-state index contributed by atoms with van der Waals surface area (Å²) in [5.74, 6) is 0.595. The first-order valence-corrected chi connectivity index (χ1v) is 8.40. The number of nitriles is 1. The van der Waals surface area contributed by atoms with Crippen molar-refractivity contribution in [3.05, 3.63) is 83.4 Å². The van der Waals surface area contributed by atoms with E-state index in [-0.39, 0.29) is 5.92 Å². The third kappa shape index (κ3) is 2.79. The van der Waals surface area contributed by atoms with E-state index in [2.05, 4.69) is 48.6 Å². The minimum Gasteiger partial charge on any atom is -0.376 e. The van der Waals surface area contributed by atoms with E-state index >= 15 is 0 Å². The molecule has 2 aliphatic rings. The van der Waals surface area contributed by atoms with Crippen molar-refractivity contribution in [1.82, 2.24) is 0 Å². The zero-order valence-electron chi connectivity index (χ0n) is 13.5. The number of allylic oxidation sites excluding steroid dienone is 2. The Labute approximate surface area is 142 Å². The first-order valence-electron chi connectivity index (χ1n) is 8.40. The van der Waals surface area contributed by atoms with Crippen LogP contribution in [-0.4, -0.2) is 13.2 Å². The van der Waals surface area contributed by atoms with Crippen LogP contribution in [0.2, 0.25) is 0 Å². The molecule has 2 aromatic rings. The van der Waals surface area contributed by atoms with Crippen LogP contribution in [0, 0.1) is 17.2 Å². The summed E-state index contributed by atoms with van der Waals surface area (Å²) in [6.07, 6.45) is 5.46. The molecular weight excluding hydrogens is 294 g/mol. The molecule has 2 nitrogen and oxygen atoms in total. The number of hydrogen-bond acceptors (Lipinski definition) is 2. The molecule has 0 aromatic heterocycles. The summed E-state index contributed by atoms with van der Waals surface area (Å²) in [6, 6.07) is 21.1. The summed E-state index contributed by atoms with van der Waals surface area (Å²) in [6.45, 7) is 1.38. The lowest BCUT2D eigenvalue weighted by Gasteiger charge is -2.24. The molecule has 1 heterocycles. The Morgan fingerprint density at radius 1 is 0.917 bits per heavy atom. The van der Waals surface area contributed by atoms with Crippen molar-refractivity contribution in [3.63, 3.8) is 0 Å². The number of ether oxygens (including phenoxy) is 1. The van der Waals surface area contributed by atoms with Crippen LogP contribution in [0.15, 0.2) is 66.7 Å². The summed E-state index contributed by atoms with van der Waals surface area (Å²) in [4.78, 5) is 0. The van der Waals surface area contributed by atoms with E-state index in [0.717, 1.165) is 29.7 Å². The average molecular weight is 313 g/mol. The Morgan fingerprint density at radius 2 is 1.67 bits per heavy atom. The van der Waals surface area contributed by atoms with Gasteiger partial charge in [-0.05, 0) is 28.7 Å². The SMILES string of the molecule is N#C/C1=C/[C@H](c2ccccc2)C[C@H]2C=C(COC2)c2ccccc21.